The topological polar surface area (TPSA) is 44.4 Å². The van der Waals surface area contributed by atoms with Crippen LogP contribution in [-0.2, 0) is 4.79 Å². The van der Waals surface area contributed by atoms with Crippen molar-refractivity contribution in [1.29, 1.82) is 0 Å². The van der Waals surface area contributed by atoms with Gasteiger partial charge in [-0.15, -0.1) is 0 Å². The van der Waals surface area contributed by atoms with Gasteiger partial charge in [-0.2, -0.15) is 0 Å². The van der Waals surface area contributed by atoms with Crippen molar-refractivity contribution in [2.45, 2.75) is 25.8 Å². The number of likely N-dealkylation sites (N-methyl/N-ethyl adjacent to an activating group) is 1. The summed E-state index contributed by atoms with van der Waals surface area (Å²) >= 11 is 0. The summed E-state index contributed by atoms with van der Waals surface area (Å²) in [5.41, 5.74) is 0. The summed E-state index contributed by atoms with van der Waals surface area (Å²) in [6.45, 7) is 5.88. The van der Waals surface area contributed by atoms with Gasteiger partial charge in [-0.05, 0) is 13.5 Å². The van der Waals surface area contributed by atoms with Crippen LogP contribution in [-0.4, -0.2) is 50.1 Å². The Hall–Kier alpha value is -0.610. The lowest BCUT2D eigenvalue weighted by Gasteiger charge is -2.33. The van der Waals surface area contributed by atoms with E-state index in [-0.39, 0.29) is 5.91 Å². The lowest BCUT2D eigenvalue weighted by atomic mass is 10.2. The van der Waals surface area contributed by atoms with Crippen molar-refractivity contribution in [2.24, 2.45) is 0 Å². The van der Waals surface area contributed by atoms with Gasteiger partial charge in [-0.1, -0.05) is 6.92 Å². The summed E-state index contributed by atoms with van der Waals surface area (Å²) in [6.07, 6.45) is 1.56. The number of carbonyl (C=O) groups excluding carboxylic acids is 1. The third kappa shape index (κ3) is 3.64. The minimum Gasteiger partial charge on any atom is -0.354 e. The highest BCUT2D eigenvalue weighted by Crippen LogP contribution is 1.98. The maximum atomic E-state index is 11.2. The lowest BCUT2D eigenvalue weighted by molar-refractivity contribution is -0.121. The first-order valence-corrected chi connectivity index (χ1v) is 5.41. The molecule has 1 rings (SSSR count). The smallest absolute Gasteiger partial charge is 0.220 e. The number of hydrogen-bond acceptors (Lipinski definition) is 3. The number of carbonyl (C=O) groups is 1. The molecule has 0 radical (unpaired) electrons. The Kier molecular flexibility index (Phi) is 4.90. The first-order chi connectivity index (χ1) is 6.74. The zero-order valence-corrected chi connectivity index (χ0v) is 9.18. The van der Waals surface area contributed by atoms with Crippen LogP contribution in [0.1, 0.15) is 19.8 Å². The van der Waals surface area contributed by atoms with Gasteiger partial charge in [0.05, 0.1) is 0 Å². The fourth-order valence-electron chi connectivity index (χ4n) is 1.64. The van der Waals surface area contributed by atoms with Crippen molar-refractivity contribution in [3.63, 3.8) is 0 Å². The van der Waals surface area contributed by atoms with Crippen LogP contribution in [0, 0.1) is 0 Å². The third-order valence-electron chi connectivity index (χ3n) is 2.66. The summed E-state index contributed by atoms with van der Waals surface area (Å²) in [6, 6.07) is 0.449. The summed E-state index contributed by atoms with van der Waals surface area (Å²) in [5.74, 6) is 0.173. The van der Waals surface area contributed by atoms with Crippen molar-refractivity contribution >= 4 is 5.91 Å². The van der Waals surface area contributed by atoms with Crippen LogP contribution >= 0.6 is 0 Å². The molecule has 2 N–H and O–H groups in total. The van der Waals surface area contributed by atoms with Gasteiger partial charge in [-0.3, -0.25) is 9.69 Å². The van der Waals surface area contributed by atoms with E-state index in [1.54, 1.807) is 0 Å². The number of hydrogen-bond donors (Lipinski definition) is 2. The minimum absolute atomic E-state index is 0.173. The van der Waals surface area contributed by atoms with Crippen molar-refractivity contribution in [3.05, 3.63) is 0 Å². The molecule has 0 bridgehead atoms. The van der Waals surface area contributed by atoms with Gasteiger partial charge >= 0.3 is 0 Å². The van der Waals surface area contributed by atoms with E-state index in [9.17, 15) is 4.79 Å². The molecule has 0 aromatic rings. The molecule has 14 heavy (non-hydrogen) atoms. The van der Waals surface area contributed by atoms with Crippen LogP contribution in [0.5, 0.6) is 0 Å². The molecule has 4 heteroatoms. The van der Waals surface area contributed by atoms with Gasteiger partial charge in [0.2, 0.25) is 5.91 Å². The number of rotatable bonds is 4. The van der Waals surface area contributed by atoms with Gasteiger partial charge in [0.1, 0.15) is 0 Å². The molecule has 0 aromatic heterocycles. The molecule has 1 fully saturated rings. The van der Waals surface area contributed by atoms with Gasteiger partial charge in [0, 0.05) is 38.6 Å². The van der Waals surface area contributed by atoms with Crippen molar-refractivity contribution in [3.8, 4) is 0 Å². The summed E-state index contributed by atoms with van der Waals surface area (Å²) in [5, 5.41) is 6.29. The fourth-order valence-corrected chi connectivity index (χ4v) is 1.64. The van der Waals surface area contributed by atoms with E-state index in [4.69, 9.17) is 0 Å². The number of piperazine rings is 1. The summed E-state index contributed by atoms with van der Waals surface area (Å²) in [7, 11) is 2.11. The number of nitrogens with zero attached hydrogens (tertiary/aromatic N) is 1. The van der Waals surface area contributed by atoms with E-state index < -0.39 is 0 Å². The Balaban J connectivity index is 2.19. The highest BCUT2D eigenvalue weighted by atomic mass is 16.1. The largest absolute Gasteiger partial charge is 0.354 e. The Morgan fingerprint density at radius 2 is 2.43 bits per heavy atom. The number of amides is 1. The van der Waals surface area contributed by atoms with Crippen LogP contribution in [0.3, 0.4) is 0 Å². The SMILES string of the molecule is CCCC(=O)NCC1CNCCN1C. The fraction of sp³-hybridized carbons (Fsp3) is 0.900. The maximum absolute atomic E-state index is 11.2. The van der Waals surface area contributed by atoms with Crippen molar-refractivity contribution in [2.75, 3.05) is 33.2 Å². The average molecular weight is 199 g/mol. The van der Waals surface area contributed by atoms with Crippen molar-refractivity contribution < 1.29 is 4.79 Å². The van der Waals surface area contributed by atoms with Gasteiger partial charge < -0.3 is 10.6 Å². The summed E-state index contributed by atoms with van der Waals surface area (Å²) in [4.78, 5) is 13.5. The van der Waals surface area contributed by atoms with Crippen LogP contribution in [0.25, 0.3) is 0 Å². The predicted octanol–water partition coefficient (Wildman–Crippen LogP) is -0.194. The number of nitrogens with one attached hydrogen (secondary N) is 2. The van der Waals surface area contributed by atoms with Crippen LogP contribution in [0.4, 0.5) is 0 Å². The molecule has 1 unspecified atom stereocenters. The Labute approximate surface area is 86.0 Å². The maximum Gasteiger partial charge on any atom is 0.220 e. The van der Waals surface area contributed by atoms with E-state index in [0.29, 0.717) is 12.5 Å². The molecule has 1 atom stereocenters. The van der Waals surface area contributed by atoms with Gasteiger partial charge in [0.15, 0.2) is 0 Å². The average Bonchev–Trinajstić information content (AvgIpc) is 2.17. The molecule has 4 nitrogen and oxygen atoms in total. The first-order valence-electron chi connectivity index (χ1n) is 5.41. The van der Waals surface area contributed by atoms with E-state index in [0.717, 1.165) is 32.6 Å². The minimum atomic E-state index is 0.173. The molecular weight excluding hydrogens is 178 g/mol. The molecule has 0 aromatic carbocycles. The van der Waals surface area contributed by atoms with Crippen LogP contribution in [0.15, 0.2) is 0 Å². The predicted molar refractivity (Wildman–Crippen MR) is 57.2 cm³/mol. The molecular formula is C10H21N3O. The zero-order chi connectivity index (χ0) is 10.4. The molecule has 1 heterocycles. The third-order valence-corrected chi connectivity index (χ3v) is 2.66. The second kappa shape index (κ2) is 5.98. The molecule has 1 aliphatic heterocycles. The van der Waals surface area contributed by atoms with Gasteiger partial charge in [0.25, 0.3) is 0 Å². The lowest BCUT2D eigenvalue weighted by Crippen LogP contribution is -2.53. The summed E-state index contributed by atoms with van der Waals surface area (Å²) < 4.78 is 0. The van der Waals surface area contributed by atoms with Crippen LogP contribution in [0.2, 0.25) is 0 Å². The molecule has 0 spiro atoms. The standard InChI is InChI=1S/C10H21N3O/c1-3-4-10(14)12-8-9-7-11-5-6-13(9)2/h9,11H,3-8H2,1-2H3,(H,12,14). The second-order valence-electron chi connectivity index (χ2n) is 3.89. The van der Waals surface area contributed by atoms with E-state index in [1.165, 1.54) is 0 Å². The molecule has 1 saturated heterocycles. The first kappa shape index (κ1) is 11.5. The monoisotopic (exact) mass is 199 g/mol. The Morgan fingerprint density at radius 1 is 1.64 bits per heavy atom. The molecule has 0 saturated carbocycles. The Bertz CT molecular complexity index is 184. The van der Waals surface area contributed by atoms with Crippen molar-refractivity contribution in [1.82, 2.24) is 15.5 Å². The molecule has 82 valence electrons. The zero-order valence-electron chi connectivity index (χ0n) is 9.18. The van der Waals surface area contributed by atoms with E-state index in [1.807, 2.05) is 6.92 Å². The van der Waals surface area contributed by atoms with E-state index >= 15 is 0 Å². The van der Waals surface area contributed by atoms with E-state index in [2.05, 4.69) is 22.6 Å². The second-order valence-corrected chi connectivity index (χ2v) is 3.89. The highest BCUT2D eigenvalue weighted by Gasteiger charge is 2.18. The molecule has 0 aliphatic carbocycles. The van der Waals surface area contributed by atoms with Gasteiger partial charge in [-0.25, -0.2) is 0 Å². The highest BCUT2D eigenvalue weighted by molar-refractivity contribution is 5.75. The van der Waals surface area contributed by atoms with Crippen LogP contribution < -0.4 is 10.6 Å². The quantitative estimate of drug-likeness (QED) is 0.659. The molecule has 1 amide bonds. The Morgan fingerprint density at radius 3 is 3.07 bits per heavy atom. The molecule has 1 aliphatic rings. The normalized spacial score (nSPS) is 23.4.